The number of hydrogen-bond donors (Lipinski definition) is 0. The summed E-state index contributed by atoms with van der Waals surface area (Å²) in [4.78, 5) is 2.44. The standard InChI is InChI=1S/C13H17ClFNO/c14-12-5-4-11(10-13(12)15)17-9-3-8-16-6-1-2-7-16/h4-5,10H,1-3,6-9H2. The maximum atomic E-state index is 13.1. The van der Waals surface area contributed by atoms with Gasteiger partial charge in [0, 0.05) is 12.6 Å². The molecule has 1 saturated heterocycles. The van der Waals surface area contributed by atoms with E-state index in [0.29, 0.717) is 12.4 Å². The first-order valence-corrected chi connectivity index (χ1v) is 6.44. The molecular weight excluding hydrogens is 241 g/mol. The lowest BCUT2D eigenvalue weighted by atomic mass is 10.3. The summed E-state index contributed by atoms with van der Waals surface area (Å²) in [6, 6.07) is 4.55. The van der Waals surface area contributed by atoms with Crippen molar-refractivity contribution >= 4 is 11.6 Å². The third-order valence-electron chi connectivity index (χ3n) is 2.98. The fraction of sp³-hybridized carbons (Fsp3) is 0.538. The molecule has 17 heavy (non-hydrogen) atoms. The van der Waals surface area contributed by atoms with Crippen LogP contribution in [0.2, 0.25) is 5.02 Å². The van der Waals surface area contributed by atoms with E-state index in [4.69, 9.17) is 16.3 Å². The summed E-state index contributed by atoms with van der Waals surface area (Å²) in [7, 11) is 0. The van der Waals surface area contributed by atoms with Gasteiger partial charge in [-0.2, -0.15) is 0 Å². The molecule has 1 aromatic rings. The normalized spacial score (nSPS) is 16.4. The molecule has 0 saturated carbocycles. The number of hydrogen-bond acceptors (Lipinski definition) is 2. The minimum Gasteiger partial charge on any atom is -0.493 e. The Morgan fingerprint density at radius 3 is 2.76 bits per heavy atom. The molecule has 1 aliphatic heterocycles. The zero-order valence-corrected chi connectivity index (χ0v) is 10.5. The van der Waals surface area contributed by atoms with Crippen molar-refractivity contribution in [2.24, 2.45) is 0 Å². The summed E-state index contributed by atoms with van der Waals surface area (Å²) >= 11 is 5.59. The van der Waals surface area contributed by atoms with E-state index in [9.17, 15) is 4.39 Å². The summed E-state index contributed by atoms with van der Waals surface area (Å²) in [5, 5.41) is 0.134. The molecule has 1 fully saturated rings. The first kappa shape index (κ1) is 12.7. The Morgan fingerprint density at radius 2 is 2.06 bits per heavy atom. The van der Waals surface area contributed by atoms with Crippen LogP contribution in [0.25, 0.3) is 0 Å². The van der Waals surface area contributed by atoms with E-state index in [1.807, 2.05) is 0 Å². The van der Waals surface area contributed by atoms with Gasteiger partial charge in [0.2, 0.25) is 0 Å². The van der Waals surface area contributed by atoms with Crippen LogP contribution in [0.3, 0.4) is 0 Å². The zero-order chi connectivity index (χ0) is 12.1. The molecule has 94 valence electrons. The Hall–Kier alpha value is -0.800. The van der Waals surface area contributed by atoms with Crippen LogP contribution in [0.1, 0.15) is 19.3 Å². The third kappa shape index (κ3) is 3.86. The molecule has 0 spiro atoms. The minimum absolute atomic E-state index is 0.134. The Bertz CT molecular complexity index is 366. The van der Waals surface area contributed by atoms with Crippen molar-refractivity contribution in [3.05, 3.63) is 29.0 Å². The van der Waals surface area contributed by atoms with Crippen LogP contribution in [-0.4, -0.2) is 31.1 Å². The van der Waals surface area contributed by atoms with Gasteiger partial charge in [-0.05, 0) is 44.5 Å². The smallest absolute Gasteiger partial charge is 0.145 e. The fourth-order valence-electron chi connectivity index (χ4n) is 2.05. The zero-order valence-electron chi connectivity index (χ0n) is 9.79. The van der Waals surface area contributed by atoms with E-state index < -0.39 is 5.82 Å². The van der Waals surface area contributed by atoms with E-state index in [1.54, 1.807) is 6.07 Å². The second-order valence-electron chi connectivity index (χ2n) is 4.33. The quantitative estimate of drug-likeness (QED) is 0.750. The number of benzene rings is 1. The van der Waals surface area contributed by atoms with E-state index in [-0.39, 0.29) is 5.02 Å². The molecule has 0 aliphatic carbocycles. The van der Waals surface area contributed by atoms with Crippen LogP contribution in [0.4, 0.5) is 4.39 Å². The molecule has 1 aliphatic rings. The highest BCUT2D eigenvalue weighted by molar-refractivity contribution is 6.30. The molecule has 0 N–H and O–H groups in total. The van der Waals surface area contributed by atoms with Gasteiger partial charge < -0.3 is 9.64 Å². The molecule has 4 heteroatoms. The Balaban J connectivity index is 1.68. The lowest BCUT2D eigenvalue weighted by molar-refractivity contribution is 0.262. The van der Waals surface area contributed by atoms with Gasteiger partial charge in [0.25, 0.3) is 0 Å². The van der Waals surface area contributed by atoms with Crippen molar-refractivity contribution in [3.8, 4) is 5.75 Å². The number of ether oxygens (including phenoxy) is 1. The van der Waals surface area contributed by atoms with E-state index in [2.05, 4.69) is 4.90 Å². The number of halogens is 2. The lowest BCUT2D eigenvalue weighted by Crippen LogP contribution is -2.21. The Kier molecular flexibility index (Phi) is 4.63. The van der Waals surface area contributed by atoms with E-state index in [1.165, 1.54) is 38.1 Å². The SMILES string of the molecule is Fc1cc(OCCCN2CCCC2)ccc1Cl. The van der Waals surface area contributed by atoms with Gasteiger partial charge in [-0.1, -0.05) is 11.6 Å². The topological polar surface area (TPSA) is 12.5 Å². The summed E-state index contributed by atoms with van der Waals surface area (Å²) in [5.74, 6) is 0.122. The number of rotatable bonds is 5. The van der Waals surface area contributed by atoms with Crippen LogP contribution in [0.15, 0.2) is 18.2 Å². The van der Waals surface area contributed by atoms with Crippen molar-refractivity contribution in [2.45, 2.75) is 19.3 Å². The highest BCUT2D eigenvalue weighted by Crippen LogP contribution is 2.20. The van der Waals surface area contributed by atoms with Gasteiger partial charge >= 0.3 is 0 Å². The Labute approximate surface area is 106 Å². The second-order valence-corrected chi connectivity index (χ2v) is 4.73. The average Bonchev–Trinajstić information content (AvgIpc) is 2.82. The van der Waals surface area contributed by atoms with E-state index >= 15 is 0 Å². The largest absolute Gasteiger partial charge is 0.493 e. The minimum atomic E-state index is -0.427. The van der Waals surface area contributed by atoms with Gasteiger partial charge in [0.05, 0.1) is 11.6 Å². The van der Waals surface area contributed by atoms with Crippen molar-refractivity contribution < 1.29 is 9.13 Å². The molecule has 0 radical (unpaired) electrons. The van der Waals surface area contributed by atoms with Crippen LogP contribution < -0.4 is 4.74 Å². The molecule has 0 amide bonds. The van der Waals surface area contributed by atoms with Crippen LogP contribution >= 0.6 is 11.6 Å². The fourth-order valence-corrected chi connectivity index (χ4v) is 2.17. The van der Waals surface area contributed by atoms with Gasteiger partial charge in [-0.15, -0.1) is 0 Å². The third-order valence-corrected chi connectivity index (χ3v) is 3.28. The predicted octanol–water partition coefficient (Wildman–Crippen LogP) is 3.34. The summed E-state index contributed by atoms with van der Waals surface area (Å²) < 4.78 is 18.6. The van der Waals surface area contributed by atoms with Gasteiger partial charge in [0.15, 0.2) is 0 Å². The van der Waals surface area contributed by atoms with Crippen LogP contribution in [0.5, 0.6) is 5.75 Å². The van der Waals surface area contributed by atoms with Crippen LogP contribution in [0, 0.1) is 5.82 Å². The number of nitrogens with zero attached hydrogens (tertiary/aromatic N) is 1. The summed E-state index contributed by atoms with van der Waals surface area (Å²) in [6.45, 7) is 4.10. The molecule has 0 aromatic heterocycles. The van der Waals surface area contributed by atoms with Gasteiger partial charge in [0.1, 0.15) is 11.6 Å². The molecule has 0 bridgehead atoms. The van der Waals surface area contributed by atoms with Gasteiger partial charge in [-0.3, -0.25) is 0 Å². The van der Waals surface area contributed by atoms with Crippen LogP contribution in [-0.2, 0) is 0 Å². The number of likely N-dealkylation sites (tertiary alicyclic amines) is 1. The molecule has 2 nitrogen and oxygen atoms in total. The average molecular weight is 258 g/mol. The monoisotopic (exact) mass is 257 g/mol. The molecule has 0 unspecified atom stereocenters. The molecule has 0 atom stereocenters. The summed E-state index contributed by atoms with van der Waals surface area (Å²) in [6.07, 6.45) is 3.59. The molecule has 2 rings (SSSR count). The molecular formula is C13H17ClFNO. The first-order chi connectivity index (χ1) is 8.25. The first-order valence-electron chi connectivity index (χ1n) is 6.06. The summed E-state index contributed by atoms with van der Waals surface area (Å²) in [5.41, 5.74) is 0. The van der Waals surface area contributed by atoms with Crippen molar-refractivity contribution in [2.75, 3.05) is 26.2 Å². The Morgan fingerprint density at radius 1 is 1.29 bits per heavy atom. The van der Waals surface area contributed by atoms with Crippen molar-refractivity contribution in [3.63, 3.8) is 0 Å². The highest BCUT2D eigenvalue weighted by atomic mass is 35.5. The lowest BCUT2D eigenvalue weighted by Gasteiger charge is -2.14. The predicted molar refractivity (Wildman–Crippen MR) is 67.2 cm³/mol. The van der Waals surface area contributed by atoms with Crippen molar-refractivity contribution in [1.29, 1.82) is 0 Å². The second kappa shape index (κ2) is 6.22. The maximum absolute atomic E-state index is 13.1. The molecule has 1 aromatic carbocycles. The van der Waals surface area contributed by atoms with Gasteiger partial charge in [-0.25, -0.2) is 4.39 Å². The highest BCUT2D eigenvalue weighted by Gasteiger charge is 2.10. The maximum Gasteiger partial charge on any atom is 0.145 e. The van der Waals surface area contributed by atoms with Crippen molar-refractivity contribution in [1.82, 2.24) is 4.90 Å². The van der Waals surface area contributed by atoms with E-state index in [0.717, 1.165) is 13.0 Å². The molecule has 1 heterocycles.